The Bertz CT molecular complexity index is 51.6. The van der Waals surface area contributed by atoms with E-state index >= 15 is 0 Å². The molecule has 3 nitrogen and oxygen atoms in total. The first-order chi connectivity index (χ1) is 4.91. The SMILES string of the molecule is CNCCCCOCOC. The molecule has 0 aliphatic rings. The molecule has 0 bridgehead atoms. The summed E-state index contributed by atoms with van der Waals surface area (Å²) in [5.41, 5.74) is 0. The average Bonchev–Trinajstić information content (AvgIpc) is 1.97. The summed E-state index contributed by atoms with van der Waals surface area (Å²) < 4.78 is 9.79. The molecule has 10 heavy (non-hydrogen) atoms. The van der Waals surface area contributed by atoms with Crippen LogP contribution < -0.4 is 5.32 Å². The van der Waals surface area contributed by atoms with E-state index in [0.29, 0.717) is 6.79 Å². The van der Waals surface area contributed by atoms with Gasteiger partial charge in [-0.1, -0.05) is 0 Å². The number of ether oxygens (including phenoxy) is 2. The summed E-state index contributed by atoms with van der Waals surface area (Å²) in [6.07, 6.45) is 2.27. The predicted molar refractivity (Wildman–Crippen MR) is 41.0 cm³/mol. The number of hydrogen-bond acceptors (Lipinski definition) is 3. The highest BCUT2D eigenvalue weighted by Crippen LogP contribution is 1.87. The van der Waals surface area contributed by atoms with Gasteiger partial charge in [0.1, 0.15) is 6.79 Å². The molecule has 0 amide bonds. The van der Waals surface area contributed by atoms with Gasteiger partial charge in [0.2, 0.25) is 0 Å². The van der Waals surface area contributed by atoms with Crippen molar-refractivity contribution in [2.45, 2.75) is 12.8 Å². The summed E-state index contributed by atoms with van der Waals surface area (Å²) in [7, 11) is 3.59. The molecule has 1 N–H and O–H groups in total. The third-order valence-corrected chi connectivity index (χ3v) is 1.17. The second-order valence-electron chi connectivity index (χ2n) is 2.13. The first-order valence-electron chi connectivity index (χ1n) is 3.63. The molecular formula is C7H17NO2. The zero-order valence-electron chi connectivity index (χ0n) is 6.85. The summed E-state index contributed by atoms with van der Waals surface area (Å²) in [6, 6.07) is 0. The Hall–Kier alpha value is -0.120. The van der Waals surface area contributed by atoms with Gasteiger partial charge >= 0.3 is 0 Å². The lowest BCUT2D eigenvalue weighted by Crippen LogP contribution is -2.08. The highest BCUT2D eigenvalue weighted by atomic mass is 16.7. The molecule has 0 saturated heterocycles. The predicted octanol–water partition coefficient (Wildman–Crippen LogP) is 0.606. The molecule has 0 aromatic carbocycles. The monoisotopic (exact) mass is 147 g/mol. The number of methoxy groups -OCH3 is 1. The lowest BCUT2D eigenvalue weighted by Gasteiger charge is -2.01. The third-order valence-electron chi connectivity index (χ3n) is 1.17. The summed E-state index contributed by atoms with van der Waals surface area (Å²) >= 11 is 0. The van der Waals surface area contributed by atoms with Gasteiger partial charge in [-0.25, -0.2) is 0 Å². The Morgan fingerprint density at radius 1 is 1.30 bits per heavy atom. The van der Waals surface area contributed by atoms with E-state index in [1.807, 2.05) is 7.05 Å². The van der Waals surface area contributed by atoms with E-state index in [9.17, 15) is 0 Å². The van der Waals surface area contributed by atoms with Crippen molar-refractivity contribution in [3.63, 3.8) is 0 Å². The largest absolute Gasteiger partial charge is 0.359 e. The quantitative estimate of drug-likeness (QED) is 0.422. The molecule has 0 aromatic heterocycles. The first kappa shape index (κ1) is 9.88. The van der Waals surface area contributed by atoms with Gasteiger partial charge in [-0.2, -0.15) is 0 Å². The van der Waals surface area contributed by atoms with Crippen LogP contribution in [0.25, 0.3) is 0 Å². The van der Waals surface area contributed by atoms with Crippen LogP contribution in [0.2, 0.25) is 0 Å². The third kappa shape index (κ3) is 7.88. The van der Waals surface area contributed by atoms with Crippen molar-refractivity contribution in [1.82, 2.24) is 5.32 Å². The molecule has 0 fully saturated rings. The van der Waals surface area contributed by atoms with Gasteiger partial charge in [-0.05, 0) is 26.4 Å². The zero-order valence-corrected chi connectivity index (χ0v) is 6.85. The van der Waals surface area contributed by atoms with E-state index in [2.05, 4.69) is 5.32 Å². The van der Waals surface area contributed by atoms with Crippen LogP contribution in [0.15, 0.2) is 0 Å². The standard InChI is InChI=1S/C7H17NO2/c1-8-5-3-4-6-10-7-9-2/h8H,3-7H2,1-2H3. The van der Waals surface area contributed by atoms with Crippen LogP contribution in [0, 0.1) is 0 Å². The summed E-state index contributed by atoms with van der Waals surface area (Å²) in [5.74, 6) is 0. The maximum atomic E-state index is 5.08. The zero-order chi connectivity index (χ0) is 7.66. The van der Waals surface area contributed by atoms with E-state index in [-0.39, 0.29) is 0 Å². The molecule has 0 rings (SSSR count). The van der Waals surface area contributed by atoms with Gasteiger partial charge in [-0.15, -0.1) is 0 Å². The molecule has 0 unspecified atom stereocenters. The van der Waals surface area contributed by atoms with Gasteiger partial charge in [-0.3, -0.25) is 0 Å². The van der Waals surface area contributed by atoms with E-state index < -0.39 is 0 Å². The number of nitrogens with one attached hydrogen (secondary N) is 1. The Morgan fingerprint density at radius 2 is 2.10 bits per heavy atom. The van der Waals surface area contributed by atoms with E-state index in [0.717, 1.165) is 19.6 Å². The van der Waals surface area contributed by atoms with Crippen LogP contribution in [0.3, 0.4) is 0 Å². The molecule has 3 heteroatoms. The van der Waals surface area contributed by atoms with Crippen molar-refractivity contribution < 1.29 is 9.47 Å². The topological polar surface area (TPSA) is 30.5 Å². The van der Waals surface area contributed by atoms with Crippen LogP contribution in [0.5, 0.6) is 0 Å². The van der Waals surface area contributed by atoms with E-state index in [4.69, 9.17) is 9.47 Å². The van der Waals surface area contributed by atoms with Gasteiger partial charge in [0, 0.05) is 13.7 Å². The Morgan fingerprint density at radius 3 is 2.70 bits per heavy atom. The van der Waals surface area contributed by atoms with Gasteiger partial charge < -0.3 is 14.8 Å². The minimum absolute atomic E-state index is 0.416. The van der Waals surface area contributed by atoms with Gasteiger partial charge in [0.05, 0.1) is 0 Å². The molecule has 0 radical (unpaired) electrons. The molecule has 0 atom stereocenters. The molecule has 0 saturated carbocycles. The van der Waals surface area contributed by atoms with Gasteiger partial charge in [0.25, 0.3) is 0 Å². The van der Waals surface area contributed by atoms with Gasteiger partial charge in [0.15, 0.2) is 0 Å². The van der Waals surface area contributed by atoms with Crippen molar-refractivity contribution in [3.8, 4) is 0 Å². The highest BCUT2D eigenvalue weighted by molar-refractivity contribution is 4.40. The minimum atomic E-state index is 0.416. The second-order valence-corrected chi connectivity index (χ2v) is 2.13. The van der Waals surface area contributed by atoms with Crippen molar-refractivity contribution in [2.75, 3.05) is 34.1 Å². The fourth-order valence-corrected chi connectivity index (χ4v) is 0.648. The highest BCUT2D eigenvalue weighted by Gasteiger charge is 1.86. The molecule has 62 valence electrons. The maximum absolute atomic E-state index is 5.08. The Labute approximate surface area is 62.7 Å². The van der Waals surface area contributed by atoms with Crippen LogP contribution in [0.4, 0.5) is 0 Å². The fourth-order valence-electron chi connectivity index (χ4n) is 0.648. The summed E-state index contributed by atoms with van der Waals surface area (Å²) in [6.45, 7) is 2.28. The molecule has 0 aliphatic heterocycles. The lowest BCUT2D eigenvalue weighted by atomic mass is 10.3. The van der Waals surface area contributed by atoms with Crippen molar-refractivity contribution >= 4 is 0 Å². The van der Waals surface area contributed by atoms with Crippen molar-refractivity contribution in [1.29, 1.82) is 0 Å². The Kier molecular flexibility index (Phi) is 8.77. The second kappa shape index (κ2) is 8.88. The average molecular weight is 147 g/mol. The summed E-state index contributed by atoms with van der Waals surface area (Å²) in [5, 5.41) is 3.07. The number of unbranched alkanes of at least 4 members (excludes halogenated alkanes) is 1. The molecule has 0 heterocycles. The van der Waals surface area contributed by atoms with Crippen molar-refractivity contribution in [2.24, 2.45) is 0 Å². The first-order valence-corrected chi connectivity index (χ1v) is 3.63. The van der Waals surface area contributed by atoms with Crippen LogP contribution in [0.1, 0.15) is 12.8 Å². The molecular weight excluding hydrogens is 130 g/mol. The molecule has 0 spiro atoms. The molecule has 0 aromatic rings. The minimum Gasteiger partial charge on any atom is -0.359 e. The van der Waals surface area contributed by atoms with E-state index in [1.165, 1.54) is 6.42 Å². The number of rotatable bonds is 7. The van der Waals surface area contributed by atoms with Crippen LogP contribution in [-0.4, -0.2) is 34.1 Å². The smallest absolute Gasteiger partial charge is 0.146 e. The lowest BCUT2D eigenvalue weighted by molar-refractivity contribution is -0.0314. The maximum Gasteiger partial charge on any atom is 0.146 e. The summed E-state index contributed by atoms with van der Waals surface area (Å²) in [4.78, 5) is 0. The molecule has 0 aliphatic carbocycles. The van der Waals surface area contributed by atoms with Crippen LogP contribution in [-0.2, 0) is 9.47 Å². The van der Waals surface area contributed by atoms with Crippen LogP contribution >= 0.6 is 0 Å². The number of hydrogen-bond donors (Lipinski definition) is 1. The van der Waals surface area contributed by atoms with E-state index in [1.54, 1.807) is 7.11 Å². The van der Waals surface area contributed by atoms with Crippen molar-refractivity contribution in [3.05, 3.63) is 0 Å². The normalized spacial score (nSPS) is 10.2. The fraction of sp³-hybridized carbons (Fsp3) is 1.00. The Balaban J connectivity index is 2.65.